The summed E-state index contributed by atoms with van der Waals surface area (Å²) in [5.74, 6) is 0.831. The first-order valence-corrected chi connectivity index (χ1v) is 6.13. The Morgan fingerprint density at radius 1 is 1.16 bits per heavy atom. The standard InChI is InChI=1S/C16H16N2O/c1-12(14-8-6-13(11-17)7-9-14)18-15-4-3-5-16(10-15)19-2/h3-10,12,18H,1-2H3/t12-/m0/s1. The van der Waals surface area contributed by atoms with Gasteiger partial charge in [0.25, 0.3) is 0 Å². The Bertz CT molecular complexity index is 584. The van der Waals surface area contributed by atoms with Gasteiger partial charge in [-0.1, -0.05) is 18.2 Å². The predicted molar refractivity (Wildman–Crippen MR) is 76.2 cm³/mol. The van der Waals surface area contributed by atoms with Crippen molar-refractivity contribution >= 4 is 5.69 Å². The zero-order valence-electron chi connectivity index (χ0n) is 11.1. The number of rotatable bonds is 4. The fourth-order valence-electron chi connectivity index (χ4n) is 1.89. The maximum absolute atomic E-state index is 8.78. The summed E-state index contributed by atoms with van der Waals surface area (Å²) in [7, 11) is 1.66. The number of benzene rings is 2. The number of nitrogens with one attached hydrogen (secondary N) is 1. The van der Waals surface area contributed by atoms with Crippen LogP contribution in [0.2, 0.25) is 0 Å². The van der Waals surface area contributed by atoms with Crippen LogP contribution in [-0.4, -0.2) is 7.11 Å². The van der Waals surface area contributed by atoms with E-state index in [1.54, 1.807) is 7.11 Å². The molecule has 19 heavy (non-hydrogen) atoms. The molecule has 3 heteroatoms. The first kappa shape index (κ1) is 13.0. The predicted octanol–water partition coefficient (Wildman–Crippen LogP) is 3.74. The van der Waals surface area contributed by atoms with Gasteiger partial charge in [-0.05, 0) is 36.8 Å². The molecule has 2 aromatic rings. The number of nitrogens with zero attached hydrogens (tertiary/aromatic N) is 1. The first-order chi connectivity index (χ1) is 9.22. The summed E-state index contributed by atoms with van der Waals surface area (Å²) in [6.45, 7) is 2.08. The van der Waals surface area contributed by atoms with Crippen LogP contribution < -0.4 is 10.1 Å². The number of methoxy groups -OCH3 is 1. The van der Waals surface area contributed by atoms with Crippen LogP contribution in [0, 0.1) is 11.3 Å². The second-order valence-corrected chi connectivity index (χ2v) is 4.33. The second-order valence-electron chi connectivity index (χ2n) is 4.33. The largest absolute Gasteiger partial charge is 0.497 e. The third kappa shape index (κ3) is 3.26. The maximum atomic E-state index is 8.78. The molecule has 1 N–H and O–H groups in total. The maximum Gasteiger partial charge on any atom is 0.120 e. The molecule has 0 aliphatic heterocycles. The van der Waals surface area contributed by atoms with Gasteiger partial charge < -0.3 is 10.1 Å². The van der Waals surface area contributed by atoms with Gasteiger partial charge in [-0.2, -0.15) is 5.26 Å². The molecule has 0 heterocycles. The van der Waals surface area contributed by atoms with E-state index in [0.717, 1.165) is 17.0 Å². The Kier molecular flexibility index (Phi) is 4.04. The van der Waals surface area contributed by atoms with Crippen molar-refractivity contribution in [1.29, 1.82) is 5.26 Å². The summed E-state index contributed by atoms with van der Waals surface area (Å²) >= 11 is 0. The number of hydrogen-bond donors (Lipinski definition) is 1. The molecular weight excluding hydrogens is 236 g/mol. The monoisotopic (exact) mass is 252 g/mol. The molecule has 0 unspecified atom stereocenters. The van der Waals surface area contributed by atoms with Gasteiger partial charge in [-0.25, -0.2) is 0 Å². The molecule has 0 aliphatic carbocycles. The smallest absolute Gasteiger partial charge is 0.120 e. The van der Waals surface area contributed by atoms with Gasteiger partial charge >= 0.3 is 0 Å². The Hall–Kier alpha value is -2.47. The summed E-state index contributed by atoms with van der Waals surface area (Å²) in [6.07, 6.45) is 0. The minimum atomic E-state index is 0.167. The van der Waals surface area contributed by atoms with Crippen LogP contribution in [0.4, 0.5) is 5.69 Å². The number of hydrogen-bond acceptors (Lipinski definition) is 3. The van der Waals surface area contributed by atoms with Crippen LogP contribution in [-0.2, 0) is 0 Å². The summed E-state index contributed by atoms with van der Waals surface area (Å²) in [5, 5.41) is 12.2. The van der Waals surface area contributed by atoms with Crippen molar-refractivity contribution in [3.63, 3.8) is 0 Å². The molecule has 1 atom stereocenters. The van der Waals surface area contributed by atoms with Crippen molar-refractivity contribution in [3.8, 4) is 11.8 Å². The van der Waals surface area contributed by atoms with Gasteiger partial charge in [-0.3, -0.25) is 0 Å². The van der Waals surface area contributed by atoms with Crippen molar-refractivity contribution in [2.75, 3.05) is 12.4 Å². The van der Waals surface area contributed by atoms with Gasteiger partial charge in [0.05, 0.1) is 18.7 Å². The molecule has 96 valence electrons. The van der Waals surface area contributed by atoms with E-state index in [4.69, 9.17) is 10.00 Å². The first-order valence-electron chi connectivity index (χ1n) is 6.13. The minimum absolute atomic E-state index is 0.167. The quantitative estimate of drug-likeness (QED) is 0.901. The molecule has 0 aliphatic rings. The van der Waals surface area contributed by atoms with E-state index in [1.807, 2.05) is 48.5 Å². The molecule has 0 saturated carbocycles. The van der Waals surface area contributed by atoms with Gasteiger partial charge in [0, 0.05) is 17.8 Å². The highest BCUT2D eigenvalue weighted by Crippen LogP contribution is 2.22. The highest BCUT2D eigenvalue weighted by molar-refractivity contribution is 5.50. The summed E-state index contributed by atoms with van der Waals surface area (Å²) < 4.78 is 5.20. The Morgan fingerprint density at radius 3 is 2.53 bits per heavy atom. The molecule has 3 nitrogen and oxygen atoms in total. The average molecular weight is 252 g/mol. The lowest BCUT2D eigenvalue weighted by molar-refractivity contribution is 0.415. The fraction of sp³-hybridized carbons (Fsp3) is 0.188. The minimum Gasteiger partial charge on any atom is -0.497 e. The van der Waals surface area contributed by atoms with Crippen LogP contribution in [0.25, 0.3) is 0 Å². The Labute approximate surface area is 113 Å². The van der Waals surface area contributed by atoms with E-state index in [9.17, 15) is 0 Å². The summed E-state index contributed by atoms with van der Waals surface area (Å²) in [5.41, 5.74) is 2.83. The Balaban J connectivity index is 2.11. The number of nitriles is 1. The van der Waals surface area contributed by atoms with E-state index in [-0.39, 0.29) is 6.04 Å². The second kappa shape index (κ2) is 5.92. The zero-order chi connectivity index (χ0) is 13.7. The van der Waals surface area contributed by atoms with Crippen molar-refractivity contribution < 1.29 is 4.74 Å². The van der Waals surface area contributed by atoms with Crippen LogP contribution in [0.3, 0.4) is 0 Å². The number of anilines is 1. The van der Waals surface area contributed by atoms with Crippen LogP contribution in [0.15, 0.2) is 48.5 Å². The lowest BCUT2D eigenvalue weighted by Gasteiger charge is -2.16. The summed E-state index contributed by atoms with van der Waals surface area (Å²) in [4.78, 5) is 0. The molecular formula is C16H16N2O. The van der Waals surface area contributed by atoms with Crippen LogP contribution in [0.5, 0.6) is 5.75 Å². The topological polar surface area (TPSA) is 45.0 Å². The van der Waals surface area contributed by atoms with Gasteiger partial charge in [0.15, 0.2) is 0 Å². The molecule has 0 spiro atoms. The lowest BCUT2D eigenvalue weighted by Crippen LogP contribution is -2.06. The van der Waals surface area contributed by atoms with E-state index in [2.05, 4.69) is 18.3 Å². The third-order valence-electron chi connectivity index (χ3n) is 2.99. The SMILES string of the molecule is COc1cccc(N[C@@H](C)c2ccc(C#N)cc2)c1. The molecule has 2 rings (SSSR count). The molecule has 0 saturated heterocycles. The van der Waals surface area contributed by atoms with Crippen LogP contribution >= 0.6 is 0 Å². The molecule has 0 bridgehead atoms. The molecule has 2 aromatic carbocycles. The zero-order valence-corrected chi connectivity index (χ0v) is 11.1. The highest BCUT2D eigenvalue weighted by Gasteiger charge is 2.05. The summed E-state index contributed by atoms with van der Waals surface area (Å²) in [6, 6.07) is 17.7. The number of ether oxygens (including phenoxy) is 1. The fourth-order valence-corrected chi connectivity index (χ4v) is 1.89. The van der Waals surface area contributed by atoms with Gasteiger partial charge in [0.2, 0.25) is 0 Å². The third-order valence-corrected chi connectivity index (χ3v) is 2.99. The van der Waals surface area contributed by atoms with Crippen molar-refractivity contribution in [1.82, 2.24) is 0 Å². The van der Waals surface area contributed by atoms with Gasteiger partial charge in [-0.15, -0.1) is 0 Å². The van der Waals surface area contributed by atoms with E-state index in [1.165, 1.54) is 0 Å². The molecule has 0 fully saturated rings. The van der Waals surface area contributed by atoms with E-state index >= 15 is 0 Å². The molecule has 0 radical (unpaired) electrons. The van der Waals surface area contributed by atoms with Crippen molar-refractivity contribution in [3.05, 3.63) is 59.7 Å². The van der Waals surface area contributed by atoms with Gasteiger partial charge in [0.1, 0.15) is 5.75 Å². The van der Waals surface area contributed by atoms with Crippen molar-refractivity contribution in [2.45, 2.75) is 13.0 Å². The normalized spacial score (nSPS) is 11.4. The van der Waals surface area contributed by atoms with Crippen molar-refractivity contribution in [2.24, 2.45) is 0 Å². The van der Waals surface area contributed by atoms with Crippen LogP contribution in [0.1, 0.15) is 24.1 Å². The Morgan fingerprint density at radius 2 is 1.89 bits per heavy atom. The molecule has 0 aromatic heterocycles. The molecule has 0 amide bonds. The van der Waals surface area contributed by atoms with E-state index in [0.29, 0.717) is 5.56 Å². The highest BCUT2D eigenvalue weighted by atomic mass is 16.5. The lowest BCUT2D eigenvalue weighted by atomic mass is 10.1. The average Bonchev–Trinajstić information content (AvgIpc) is 2.47. The van der Waals surface area contributed by atoms with E-state index < -0.39 is 0 Å².